The maximum atomic E-state index is 12.8. The molecule has 0 fully saturated rings. The average Bonchev–Trinajstić information content (AvgIpc) is 2.82. The zero-order valence-electron chi connectivity index (χ0n) is 13.7. The molecular weight excluding hydrogens is 332 g/mol. The van der Waals surface area contributed by atoms with Crippen molar-refractivity contribution in [1.82, 2.24) is 5.32 Å². The van der Waals surface area contributed by atoms with Crippen LogP contribution in [-0.4, -0.2) is 23.8 Å². The predicted molar refractivity (Wildman–Crippen MR) is 95.6 cm³/mol. The molecule has 0 saturated heterocycles. The number of Topliss-reactive ketones (excluding diaryl/α,β-unsaturated/α-hetero) is 1. The van der Waals surface area contributed by atoms with Crippen LogP contribution in [-0.2, 0) is 0 Å². The minimum atomic E-state index is -0.454. The van der Waals surface area contributed by atoms with Gasteiger partial charge in [-0.1, -0.05) is 0 Å². The summed E-state index contributed by atoms with van der Waals surface area (Å²) in [5, 5.41) is 23.4. The van der Waals surface area contributed by atoms with Crippen molar-refractivity contribution in [2.45, 2.75) is 6.42 Å². The fourth-order valence-electron chi connectivity index (χ4n) is 3.41. The maximum Gasteiger partial charge on any atom is 0.269 e. The van der Waals surface area contributed by atoms with Crippen molar-refractivity contribution in [2.75, 3.05) is 18.0 Å². The number of rotatable bonds is 2. The van der Waals surface area contributed by atoms with E-state index in [1.54, 1.807) is 30.5 Å². The number of nitrogens with zero attached hydrogens (tertiary/aromatic N) is 3. The van der Waals surface area contributed by atoms with Gasteiger partial charge in [0.25, 0.3) is 5.69 Å². The third kappa shape index (κ3) is 2.40. The Balaban J connectivity index is 1.93. The highest BCUT2D eigenvalue weighted by Gasteiger charge is 2.35. The Morgan fingerprint density at radius 1 is 1.19 bits per heavy atom. The molecule has 0 bridgehead atoms. The molecule has 2 aliphatic heterocycles. The van der Waals surface area contributed by atoms with Crippen molar-refractivity contribution >= 4 is 17.2 Å². The Hall–Kier alpha value is -3.66. The molecule has 1 N–H and O–H groups in total. The van der Waals surface area contributed by atoms with Gasteiger partial charge in [-0.15, -0.1) is 0 Å². The maximum absolute atomic E-state index is 12.8. The number of nitriles is 1. The number of non-ortho nitro benzene ring substituents is 1. The van der Waals surface area contributed by atoms with Gasteiger partial charge < -0.3 is 10.2 Å². The zero-order chi connectivity index (χ0) is 18.3. The van der Waals surface area contributed by atoms with Crippen molar-refractivity contribution in [2.24, 2.45) is 0 Å². The largest absolute Gasteiger partial charge is 0.389 e. The number of ketones is 1. The first kappa shape index (κ1) is 15.8. The molecule has 0 aliphatic carbocycles. The second-order valence-electron chi connectivity index (χ2n) is 6.15. The number of benzene rings is 2. The van der Waals surface area contributed by atoms with Gasteiger partial charge in [0, 0.05) is 42.5 Å². The minimum absolute atomic E-state index is 0.00235. The van der Waals surface area contributed by atoms with Crippen LogP contribution in [0.4, 0.5) is 11.4 Å². The number of hydrogen-bond donors (Lipinski definition) is 1. The molecule has 0 aromatic heterocycles. The molecule has 0 radical (unpaired) electrons. The number of fused-ring (bicyclic) bond motifs is 3. The summed E-state index contributed by atoms with van der Waals surface area (Å²) in [6, 6.07) is 11.6. The highest BCUT2D eigenvalue weighted by molar-refractivity contribution is 6.21. The van der Waals surface area contributed by atoms with Crippen molar-refractivity contribution in [1.29, 1.82) is 5.26 Å². The number of anilines is 1. The fraction of sp³-hybridized carbons (Fsp3) is 0.158. The van der Waals surface area contributed by atoms with E-state index >= 15 is 0 Å². The van der Waals surface area contributed by atoms with Gasteiger partial charge in [-0.3, -0.25) is 14.9 Å². The van der Waals surface area contributed by atoms with E-state index in [-0.39, 0.29) is 11.5 Å². The normalized spacial score (nSPS) is 15.3. The molecule has 128 valence electrons. The van der Waals surface area contributed by atoms with Crippen LogP contribution >= 0.6 is 0 Å². The summed E-state index contributed by atoms with van der Waals surface area (Å²) >= 11 is 0. The van der Waals surface area contributed by atoms with Crippen LogP contribution in [0.3, 0.4) is 0 Å². The van der Waals surface area contributed by atoms with Crippen LogP contribution in [0.1, 0.15) is 22.3 Å². The molecule has 2 aromatic carbocycles. The van der Waals surface area contributed by atoms with Gasteiger partial charge in [-0.2, -0.15) is 5.26 Å². The van der Waals surface area contributed by atoms with Gasteiger partial charge in [0.15, 0.2) is 0 Å². The molecule has 7 nitrogen and oxygen atoms in total. The molecule has 2 heterocycles. The van der Waals surface area contributed by atoms with Gasteiger partial charge >= 0.3 is 0 Å². The Morgan fingerprint density at radius 2 is 1.92 bits per heavy atom. The van der Waals surface area contributed by atoms with Gasteiger partial charge in [0.05, 0.1) is 22.2 Å². The van der Waals surface area contributed by atoms with Crippen molar-refractivity contribution in [3.8, 4) is 17.2 Å². The van der Waals surface area contributed by atoms with Gasteiger partial charge in [0.2, 0.25) is 5.78 Å². The van der Waals surface area contributed by atoms with Crippen LogP contribution in [0.2, 0.25) is 0 Å². The Labute approximate surface area is 149 Å². The Bertz CT molecular complexity index is 1000. The highest BCUT2D eigenvalue weighted by Crippen LogP contribution is 2.43. The van der Waals surface area contributed by atoms with Gasteiger partial charge in [-0.05, 0) is 36.2 Å². The molecule has 2 aromatic rings. The lowest BCUT2D eigenvalue weighted by Gasteiger charge is -2.21. The molecule has 0 saturated carbocycles. The first-order valence-corrected chi connectivity index (χ1v) is 8.19. The lowest BCUT2D eigenvalue weighted by Crippen LogP contribution is -2.21. The lowest BCUT2D eigenvalue weighted by atomic mass is 9.96. The summed E-state index contributed by atoms with van der Waals surface area (Å²) in [7, 11) is 0. The third-order valence-electron chi connectivity index (χ3n) is 4.61. The molecular formula is C19H14N4O3. The standard InChI is InChI=1S/C19H14N4O3/c20-10-12-8-15(13-2-4-14(5-3-13)23(25)26)18-16(9-12)19(24)17-11-21-6-1-7-22(17)18/h2-5,8-9,11,21H,1,6-7H2. The molecule has 7 heteroatoms. The molecule has 4 rings (SSSR count). The van der Waals surface area contributed by atoms with Crippen molar-refractivity contribution < 1.29 is 9.72 Å². The number of carbonyl (C=O) groups excluding carboxylic acids is 1. The van der Waals surface area contributed by atoms with E-state index in [1.165, 1.54) is 12.1 Å². The number of nitro groups is 1. The number of nitro benzene ring substituents is 1. The summed E-state index contributed by atoms with van der Waals surface area (Å²) in [4.78, 5) is 25.2. The van der Waals surface area contributed by atoms with E-state index in [0.717, 1.165) is 29.8 Å². The minimum Gasteiger partial charge on any atom is -0.389 e. The summed E-state index contributed by atoms with van der Waals surface area (Å²) in [6.07, 6.45) is 2.59. The molecule has 0 atom stereocenters. The van der Waals surface area contributed by atoms with E-state index in [2.05, 4.69) is 11.4 Å². The van der Waals surface area contributed by atoms with Crippen LogP contribution in [0.25, 0.3) is 11.1 Å². The first-order chi connectivity index (χ1) is 12.6. The highest BCUT2D eigenvalue weighted by atomic mass is 16.6. The molecule has 0 spiro atoms. The zero-order valence-corrected chi connectivity index (χ0v) is 13.7. The van der Waals surface area contributed by atoms with Gasteiger partial charge in [-0.25, -0.2) is 0 Å². The number of allylic oxidation sites excluding steroid dienone is 1. The second kappa shape index (κ2) is 6.01. The Morgan fingerprint density at radius 3 is 2.62 bits per heavy atom. The summed E-state index contributed by atoms with van der Waals surface area (Å²) < 4.78 is 0. The number of carbonyl (C=O) groups is 1. The number of nitrogens with one attached hydrogen (secondary N) is 1. The number of hydrogen-bond acceptors (Lipinski definition) is 6. The fourth-order valence-corrected chi connectivity index (χ4v) is 3.41. The second-order valence-corrected chi connectivity index (χ2v) is 6.15. The van der Waals surface area contributed by atoms with E-state index in [0.29, 0.717) is 23.4 Å². The summed E-state index contributed by atoms with van der Waals surface area (Å²) in [6.45, 7) is 1.47. The summed E-state index contributed by atoms with van der Waals surface area (Å²) in [5.41, 5.74) is 3.66. The van der Waals surface area contributed by atoms with Crippen LogP contribution in [0.15, 0.2) is 48.3 Å². The van der Waals surface area contributed by atoms with E-state index in [9.17, 15) is 20.2 Å². The van der Waals surface area contributed by atoms with Crippen LogP contribution < -0.4 is 10.2 Å². The molecule has 0 amide bonds. The van der Waals surface area contributed by atoms with E-state index in [1.807, 2.05) is 4.90 Å². The van der Waals surface area contributed by atoms with Crippen LogP contribution in [0, 0.1) is 21.4 Å². The third-order valence-corrected chi connectivity index (χ3v) is 4.61. The van der Waals surface area contributed by atoms with Crippen molar-refractivity contribution in [3.63, 3.8) is 0 Å². The monoisotopic (exact) mass is 346 g/mol. The first-order valence-electron chi connectivity index (χ1n) is 8.19. The molecule has 26 heavy (non-hydrogen) atoms. The predicted octanol–water partition coefficient (Wildman–Crippen LogP) is 2.97. The smallest absolute Gasteiger partial charge is 0.269 e. The van der Waals surface area contributed by atoms with Gasteiger partial charge in [0.1, 0.15) is 5.70 Å². The molecule has 2 aliphatic rings. The quantitative estimate of drug-likeness (QED) is 0.663. The Kier molecular flexibility index (Phi) is 3.66. The topological polar surface area (TPSA) is 99.3 Å². The summed E-state index contributed by atoms with van der Waals surface area (Å²) in [5.74, 6) is -0.116. The SMILES string of the molecule is N#Cc1cc2c(c(-c3ccc([N+](=O)[O-])cc3)c1)N1CCCNC=C1C2=O. The molecule has 0 unspecified atom stereocenters. The average molecular weight is 346 g/mol. The van der Waals surface area contributed by atoms with E-state index in [4.69, 9.17) is 0 Å². The van der Waals surface area contributed by atoms with Crippen LogP contribution in [0.5, 0.6) is 0 Å². The van der Waals surface area contributed by atoms with E-state index < -0.39 is 4.92 Å². The van der Waals surface area contributed by atoms with Crippen molar-refractivity contribution in [3.05, 3.63) is 69.5 Å². The lowest BCUT2D eigenvalue weighted by molar-refractivity contribution is -0.384.